The molecule has 0 unspecified atom stereocenters. The van der Waals surface area contributed by atoms with Crippen LogP contribution in [-0.4, -0.2) is 15.2 Å². The van der Waals surface area contributed by atoms with Crippen molar-refractivity contribution < 1.29 is 4.74 Å². The van der Waals surface area contributed by atoms with Crippen molar-refractivity contribution in [2.75, 3.05) is 0 Å². The Morgan fingerprint density at radius 1 is 1.15 bits per heavy atom. The molecule has 0 fully saturated rings. The molecule has 2 aromatic heterocycles. The van der Waals surface area contributed by atoms with E-state index in [0.29, 0.717) is 6.61 Å². The second-order valence-electron chi connectivity index (χ2n) is 4.76. The highest BCUT2D eigenvalue weighted by Crippen LogP contribution is 2.18. The number of H-pyrrole nitrogens is 1. The molecule has 1 aromatic carbocycles. The monoisotopic (exact) mass is 267 g/mol. The van der Waals surface area contributed by atoms with Gasteiger partial charge in [0.05, 0.1) is 17.4 Å². The number of ether oxygens (including phenoxy) is 1. The lowest BCUT2D eigenvalue weighted by molar-refractivity contribution is 0.286. The van der Waals surface area contributed by atoms with E-state index in [1.807, 2.05) is 30.5 Å². The first-order valence-corrected chi connectivity index (χ1v) is 6.86. The summed E-state index contributed by atoms with van der Waals surface area (Å²) in [6.45, 7) is 2.59. The number of hydrogen-bond acceptors (Lipinski definition) is 3. The van der Waals surface area contributed by atoms with Gasteiger partial charge in [0.15, 0.2) is 0 Å². The molecule has 0 amide bonds. The molecule has 0 atom stereocenters. The van der Waals surface area contributed by atoms with Crippen LogP contribution < -0.4 is 4.74 Å². The number of nitrogens with zero attached hydrogens (tertiary/aromatic N) is 2. The van der Waals surface area contributed by atoms with Crippen molar-refractivity contribution in [3.8, 4) is 5.88 Å². The Kier molecular flexibility index (Phi) is 3.63. The van der Waals surface area contributed by atoms with Gasteiger partial charge < -0.3 is 4.74 Å². The summed E-state index contributed by atoms with van der Waals surface area (Å²) in [4.78, 5) is 4.59. The highest BCUT2D eigenvalue weighted by Gasteiger charge is 2.06. The molecule has 0 saturated carbocycles. The smallest absolute Gasteiger partial charge is 0.212 e. The van der Waals surface area contributed by atoms with Gasteiger partial charge >= 0.3 is 0 Å². The van der Waals surface area contributed by atoms with Crippen molar-refractivity contribution in [2.45, 2.75) is 26.4 Å². The number of fused-ring (bicyclic) bond motifs is 1. The maximum absolute atomic E-state index is 5.78. The predicted molar refractivity (Wildman–Crippen MR) is 78.7 cm³/mol. The summed E-state index contributed by atoms with van der Waals surface area (Å²) in [6, 6.07) is 12.1. The van der Waals surface area contributed by atoms with Gasteiger partial charge in [-0.3, -0.25) is 0 Å². The van der Waals surface area contributed by atoms with E-state index in [1.165, 1.54) is 0 Å². The van der Waals surface area contributed by atoms with Gasteiger partial charge in [-0.2, -0.15) is 5.10 Å². The van der Waals surface area contributed by atoms with E-state index in [0.717, 1.165) is 40.9 Å². The van der Waals surface area contributed by atoms with Crippen LogP contribution in [-0.2, 0) is 13.0 Å². The summed E-state index contributed by atoms with van der Waals surface area (Å²) in [7, 11) is 0. The van der Waals surface area contributed by atoms with Crippen molar-refractivity contribution >= 4 is 10.9 Å². The van der Waals surface area contributed by atoms with E-state index in [-0.39, 0.29) is 0 Å². The van der Waals surface area contributed by atoms with Crippen LogP contribution in [0, 0.1) is 0 Å². The Bertz CT molecular complexity index is 706. The van der Waals surface area contributed by atoms with Gasteiger partial charge in [-0.05, 0) is 18.6 Å². The fourth-order valence-electron chi connectivity index (χ4n) is 2.21. The normalized spacial score (nSPS) is 10.8. The Balaban J connectivity index is 1.74. The molecule has 0 spiro atoms. The molecule has 20 heavy (non-hydrogen) atoms. The third-order valence-electron chi connectivity index (χ3n) is 3.22. The molecule has 1 N–H and O–H groups in total. The van der Waals surface area contributed by atoms with Crippen LogP contribution in [0.2, 0.25) is 0 Å². The Morgan fingerprint density at radius 3 is 2.95 bits per heavy atom. The van der Waals surface area contributed by atoms with E-state index in [2.05, 4.69) is 34.2 Å². The third-order valence-corrected chi connectivity index (χ3v) is 3.22. The van der Waals surface area contributed by atoms with Crippen LogP contribution in [0.5, 0.6) is 5.88 Å². The molecular formula is C16H17N3O. The zero-order chi connectivity index (χ0) is 13.8. The van der Waals surface area contributed by atoms with Gasteiger partial charge in [-0.15, -0.1) is 0 Å². The van der Waals surface area contributed by atoms with Gasteiger partial charge in [0.2, 0.25) is 5.88 Å². The van der Waals surface area contributed by atoms with Crippen LogP contribution in [0.25, 0.3) is 10.9 Å². The van der Waals surface area contributed by atoms with Gasteiger partial charge in [0.25, 0.3) is 0 Å². The fourth-order valence-corrected chi connectivity index (χ4v) is 2.21. The van der Waals surface area contributed by atoms with Gasteiger partial charge in [0, 0.05) is 10.9 Å². The van der Waals surface area contributed by atoms with Crippen LogP contribution in [0.3, 0.4) is 0 Å². The minimum atomic E-state index is 0.448. The molecule has 3 rings (SSSR count). The number of para-hydroxylation sites is 1. The summed E-state index contributed by atoms with van der Waals surface area (Å²) in [5.74, 6) is 0.752. The maximum Gasteiger partial charge on any atom is 0.212 e. The average Bonchev–Trinajstić information content (AvgIpc) is 2.93. The minimum absolute atomic E-state index is 0.448. The lowest BCUT2D eigenvalue weighted by atomic mass is 10.2. The standard InChI is InChI=1S/C16H17N3O/c1-2-5-13-10-17-19-16(13)20-11-14-9-8-12-6-3-4-7-15(12)18-14/h3-4,6-10H,2,5,11H2,1H3,(H,17,19). The number of nitrogens with one attached hydrogen (secondary N) is 1. The molecule has 4 heteroatoms. The number of pyridine rings is 1. The van der Waals surface area contributed by atoms with Gasteiger partial charge in [-0.25, -0.2) is 10.1 Å². The molecule has 0 aliphatic heterocycles. The van der Waals surface area contributed by atoms with E-state index in [4.69, 9.17) is 4.74 Å². The summed E-state index contributed by atoms with van der Waals surface area (Å²) in [6.07, 6.45) is 3.87. The van der Waals surface area contributed by atoms with Crippen molar-refractivity contribution in [3.05, 3.63) is 53.9 Å². The zero-order valence-electron chi connectivity index (χ0n) is 11.5. The van der Waals surface area contributed by atoms with Gasteiger partial charge in [-0.1, -0.05) is 37.6 Å². The number of hydrogen-bond donors (Lipinski definition) is 1. The van der Waals surface area contributed by atoms with Crippen molar-refractivity contribution in [3.63, 3.8) is 0 Å². The van der Waals surface area contributed by atoms with Crippen molar-refractivity contribution in [2.24, 2.45) is 0 Å². The zero-order valence-corrected chi connectivity index (χ0v) is 11.5. The molecular weight excluding hydrogens is 250 g/mol. The molecule has 2 heterocycles. The largest absolute Gasteiger partial charge is 0.471 e. The predicted octanol–water partition coefficient (Wildman–Crippen LogP) is 3.49. The topological polar surface area (TPSA) is 50.8 Å². The molecule has 4 nitrogen and oxygen atoms in total. The second kappa shape index (κ2) is 5.74. The third kappa shape index (κ3) is 2.64. The van der Waals surface area contributed by atoms with E-state index < -0.39 is 0 Å². The number of benzene rings is 1. The van der Waals surface area contributed by atoms with Crippen LogP contribution in [0.1, 0.15) is 24.6 Å². The molecule has 0 aliphatic carbocycles. The van der Waals surface area contributed by atoms with Crippen molar-refractivity contribution in [1.82, 2.24) is 15.2 Å². The first kappa shape index (κ1) is 12.7. The number of aromatic nitrogens is 3. The summed E-state index contributed by atoms with van der Waals surface area (Å²) in [5, 5.41) is 8.07. The lowest BCUT2D eigenvalue weighted by Crippen LogP contribution is -2.00. The Hall–Kier alpha value is -2.36. The first-order chi connectivity index (χ1) is 9.86. The molecule has 0 bridgehead atoms. The molecule has 102 valence electrons. The summed E-state index contributed by atoms with van der Waals surface area (Å²) >= 11 is 0. The van der Waals surface area contributed by atoms with Crippen LogP contribution in [0.15, 0.2) is 42.6 Å². The fraction of sp³-hybridized carbons (Fsp3) is 0.250. The highest BCUT2D eigenvalue weighted by molar-refractivity contribution is 5.78. The van der Waals surface area contributed by atoms with E-state index >= 15 is 0 Å². The van der Waals surface area contributed by atoms with E-state index in [9.17, 15) is 0 Å². The maximum atomic E-state index is 5.78. The second-order valence-corrected chi connectivity index (χ2v) is 4.76. The average molecular weight is 267 g/mol. The van der Waals surface area contributed by atoms with Crippen LogP contribution in [0.4, 0.5) is 0 Å². The van der Waals surface area contributed by atoms with Crippen molar-refractivity contribution in [1.29, 1.82) is 0 Å². The first-order valence-electron chi connectivity index (χ1n) is 6.86. The lowest BCUT2D eigenvalue weighted by Gasteiger charge is -2.06. The number of aryl methyl sites for hydroxylation is 1. The van der Waals surface area contributed by atoms with E-state index in [1.54, 1.807) is 0 Å². The Labute approximate surface area is 117 Å². The summed E-state index contributed by atoms with van der Waals surface area (Å²) in [5.41, 5.74) is 3.03. The molecule has 3 aromatic rings. The SMILES string of the molecule is CCCc1cn[nH]c1OCc1ccc2ccccc2n1. The molecule has 0 saturated heterocycles. The molecule has 0 aliphatic rings. The Morgan fingerprint density at radius 2 is 2.05 bits per heavy atom. The quantitative estimate of drug-likeness (QED) is 0.769. The molecule has 0 radical (unpaired) electrons. The highest BCUT2D eigenvalue weighted by atomic mass is 16.5. The van der Waals surface area contributed by atoms with Gasteiger partial charge in [0.1, 0.15) is 6.61 Å². The number of rotatable bonds is 5. The number of aromatic amines is 1. The minimum Gasteiger partial charge on any atom is -0.471 e. The van der Waals surface area contributed by atoms with Crippen LogP contribution >= 0.6 is 0 Å². The summed E-state index contributed by atoms with van der Waals surface area (Å²) < 4.78 is 5.78.